The van der Waals surface area contributed by atoms with E-state index in [0.29, 0.717) is 0 Å². The Morgan fingerprint density at radius 3 is 2.37 bits per heavy atom. The van der Waals surface area contributed by atoms with E-state index < -0.39 is 6.04 Å². The molecule has 4 heteroatoms. The quantitative estimate of drug-likeness (QED) is 0.829. The molecule has 1 saturated heterocycles. The molecule has 1 atom stereocenters. The summed E-state index contributed by atoms with van der Waals surface area (Å²) in [6.45, 7) is 6.38. The fourth-order valence-corrected chi connectivity index (χ4v) is 2.32. The van der Waals surface area contributed by atoms with Crippen LogP contribution in [0.2, 0.25) is 0 Å². The van der Waals surface area contributed by atoms with Crippen molar-refractivity contribution >= 4 is 17.5 Å². The van der Waals surface area contributed by atoms with Crippen molar-refractivity contribution in [2.75, 3.05) is 12.4 Å². The largest absolute Gasteiger partial charge is 0.373 e. The van der Waals surface area contributed by atoms with Crippen LogP contribution in [0.3, 0.4) is 0 Å². The lowest BCUT2D eigenvalue weighted by molar-refractivity contribution is -0.136. The summed E-state index contributed by atoms with van der Waals surface area (Å²) in [5.74, 6) is -0.288. The molecule has 0 aliphatic carbocycles. The third-order valence-corrected chi connectivity index (χ3v) is 3.45. The molecular formula is C15H20N2O2. The van der Waals surface area contributed by atoms with Gasteiger partial charge in [-0.3, -0.25) is 14.5 Å². The number of carbonyl (C=O) groups is 2. The van der Waals surface area contributed by atoms with Crippen LogP contribution in [0.5, 0.6) is 0 Å². The summed E-state index contributed by atoms with van der Waals surface area (Å²) in [4.78, 5) is 24.6. The van der Waals surface area contributed by atoms with Gasteiger partial charge in [0.2, 0.25) is 5.91 Å². The van der Waals surface area contributed by atoms with Gasteiger partial charge in [-0.25, -0.2) is 0 Å². The maximum atomic E-state index is 11.9. The van der Waals surface area contributed by atoms with E-state index in [4.69, 9.17) is 0 Å². The van der Waals surface area contributed by atoms with Gasteiger partial charge in [-0.1, -0.05) is 39.0 Å². The van der Waals surface area contributed by atoms with E-state index in [2.05, 4.69) is 26.1 Å². The average molecular weight is 260 g/mol. The second-order valence-corrected chi connectivity index (χ2v) is 5.99. The molecule has 0 radical (unpaired) electrons. The van der Waals surface area contributed by atoms with Crippen LogP contribution in [-0.2, 0) is 15.0 Å². The zero-order chi connectivity index (χ0) is 14.2. The Balaban J connectivity index is 2.26. The predicted molar refractivity (Wildman–Crippen MR) is 74.9 cm³/mol. The highest BCUT2D eigenvalue weighted by Crippen LogP contribution is 2.30. The lowest BCUT2D eigenvalue weighted by Crippen LogP contribution is -2.32. The van der Waals surface area contributed by atoms with Crippen molar-refractivity contribution in [3.05, 3.63) is 29.8 Å². The number of benzene rings is 1. The topological polar surface area (TPSA) is 49.4 Å². The van der Waals surface area contributed by atoms with Crippen molar-refractivity contribution in [3.8, 4) is 0 Å². The molecule has 1 unspecified atom stereocenters. The Morgan fingerprint density at radius 2 is 1.84 bits per heavy atom. The van der Waals surface area contributed by atoms with Gasteiger partial charge in [-0.2, -0.15) is 0 Å². The van der Waals surface area contributed by atoms with E-state index in [1.807, 2.05) is 24.3 Å². The average Bonchev–Trinajstić information content (AvgIpc) is 2.56. The monoisotopic (exact) mass is 260 g/mol. The van der Waals surface area contributed by atoms with Crippen molar-refractivity contribution in [2.24, 2.45) is 0 Å². The van der Waals surface area contributed by atoms with Crippen LogP contribution in [-0.4, -0.2) is 29.8 Å². The molecule has 0 bridgehead atoms. The van der Waals surface area contributed by atoms with E-state index in [1.54, 1.807) is 0 Å². The molecular weight excluding hydrogens is 240 g/mol. The third kappa shape index (κ3) is 2.62. The van der Waals surface area contributed by atoms with Gasteiger partial charge < -0.3 is 5.32 Å². The van der Waals surface area contributed by atoms with E-state index >= 15 is 0 Å². The van der Waals surface area contributed by atoms with Gasteiger partial charge >= 0.3 is 0 Å². The molecule has 0 aromatic heterocycles. The summed E-state index contributed by atoms with van der Waals surface area (Å²) >= 11 is 0. The summed E-state index contributed by atoms with van der Waals surface area (Å²) in [6, 6.07) is 7.48. The summed E-state index contributed by atoms with van der Waals surface area (Å²) in [5, 5.41) is 3.21. The maximum Gasteiger partial charge on any atom is 0.251 e. The number of likely N-dealkylation sites (tertiary alicyclic amines) is 1. The second-order valence-electron chi connectivity index (χ2n) is 5.99. The number of rotatable bonds is 2. The second kappa shape index (κ2) is 4.68. The van der Waals surface area contributed by atoms with E-state index in [1.165, 1.54) is 11.9 Å². The number of nitrogens with one attached hydrogen (secondary N) is 1. The molecule has 0 saturated carbocycles. The van der Waals surface area contributed by atoms with Crippen LogP contribution < -0.4 is 5.32 Å². The normalized spacial score (nSPS) is 20.0. The highest BCUT2D eigenvalue weighted by atomic mass is 16.2. The Kier molecular flexibility index (Phi) is 3.35. The van der Waals surface area contributed by atoms with Crippen molar-refractivity contribution in [3.63, 3.8) is 0 Å². The molecule has 1 aromatic rings. The number of carbonyl (C=O) groups excluding carboxylic acids is 2. The van der Waals surface area contributed by atoms with Gasteiger partial charge in [0.05, 0.1) is 6.42 Å². The number of anilines is 1. The van der Waals surface area contributed by atoms with Crippen LogP contribution in [0.4, 0.5) is 5.69 Å². The minimum Gasteiger partial charge on any atom is -0.373 e. The SMILES string of the molecule is CN1C(=O)CC(Nc2ccccc2C(C)(C)C)C1=O. The van der Waals surface area contributed by atoms with Gasteiger partial charge in [0.25, 0.3) is 5.91 Å². The zero-order valence-corrected chi connectivity index (χ0v) is 11.9. The molecule has 102 valence electrons. The molecule has 4 nitrogen and oxygen atoms in total. The van der Waals surface area contributed by atoms with Crippen LogP contribution >= 0.6 is 0 Å². The number of imide groups is 1. The summed E-state index contributed by atoms with van der Waals surface area (Å²) in [5.41, 5.74) is 2.06. The molecule has 1 aliphatic rings. The lowest BCUT2D eigenvalue weighted by atomic mass is 9.85. The summed E-state index contributed by atoms with van der Waals surface area (Å²) in [7, 11) is 1.53. The number of para-hydroxylation sites is 1. The summed E-state index contributed by atoms with van der Waals surface area (Å²) in [6.07, 6.45) is 0.230. The summed E-state index contributed by atoms with van der Waals surface area (Å²) < 4.78 is 0. The highest BCUT2D eigenvalue weighted by Gasteiger charge is 2.36. The number of likely N-dealkylation sites (N-methyl/N-ethyl adjacent to an activating group) is 1. The first-order valence-electron chi connectivity index (χ1n) is 6.47. The Hall–Kier alpha value is -1.84. The molecule has 19 heavy (non-hydrogen) atoms. The van der Waals surface area contributed by atoms with Gasteiger partial charge in [-0.05, 0) is 17.0 Å². The van der Waals surface area contributed by atoms with Crippen LogP contribution in [0.1, 0.15) is 32.8 Å². The van der Waals surface area contributed by atoms with Gasteiger partial charge in [0.15, 0.2) is 0 Å². The highest BCUT2D eigenvalue weighted by molar-refractivity contribution is 6.06. The van der Waals surface area contributed by atoms with Crippen LogP contribution in [0, 0.1) is 0 Å². The van der Waals surface area contributed by atoms with Gasteiger partial charge in [-0.15, -0.1) is 0 Å². The standard InChI is InChI=1S/C15H20N2O2/c1-15(2,3)10-7-5-6-8-11(10)16-12-9-13(18)17(4)14(12)19/h5-8,12,16H,9H2,1-4H3. The molecule has 1 fully saturated rings. The maximum absolute atomic E-state index is 11.9. The lowest BCUT2D eigenvalue weighted by Gasteiger charge is -2.24. The van der Waals surface area contributed by atoms with Crippen LogP contribution in [0.15, 0.2) is 24.3 Å². The molecule has 1 aromatic carbocycles. The van der Waals surface area contributed by atoms with Crippen molar-refractivity contribution in [1.82, 2.24) is 4.90 Å². The minimum absolute atomic E-state index is 0.0127. The number of nitrogens with zero attached hydrogens (tertiary/aromatic N) is 1. The smallest absolute Gasteiger partial charge is 0.251 e. The number of hydrogen-bond donors (Lipinski definition) is 1. The molecule has 2 amide bonds. The first-order chi connectivity index (χ1) is 8.80. The van der Waals surface area contributed by atoms with Crippen molar-refractivity contribution < 1.29 is 9.59 Å². The molecule has 1 N–H and O–H groups in total. The zero-order valence-electron chi connectivity index (χ0n) is 11.9. The molecule has 1 heterocycles. The van der Waals surface area contributed by atoms with E-state index in [9.17, 15) is 9.59 Å². The molecule has 0 spiro atoms. The predicted octanol–water partition coefficient (Wildman–Crippen LogP) is 2.15. The first kappa shape index (κ1) is 13.6. The van der Waals surface area contributed by atoms with Gasteiger partial charge in [0.1, 0.15) is 6.04 Å². The van der Waals surface area contributed by atoms with Crippen molar-refractivity contribution in [1.29, 1.82) is 0 Å². The van der Waals surface area contributed by atoms with E-state index in [0.717, 1.165) is 11.3 Å². The molecule has 2 rings (SSSR count). The minimum atomic E-state index is -0.444. The van der Waals surface area contributed by atoms with Gasteiger partial charge in [0, 0.05) is 12.7 Å². The number of amides is 2. The third-order valence-electron chi connectivity index (χ3n) is 3.45. The number of hydrogen-bond acceptors (Lipinski definition) is 3. The fraction of sp³-hybridized carbons (Fsp3) is 0.467. The van der Waals surface area contributed by atoms with Crippen LogP contribution in [0.25, 0.3) is 0 Å². The first-order valence-corrected chi connectivity index (χ1v) is 6.47. The van der Waals surface area contributed by atoms with Crippen molar-refractivity contribution in [2.45, 2.75) is 38.6 Å². The Bertz CT molecular complexity index is 517. The van der Waals surface area contributed by atoms with E-state index in [-0.39, 0.29) is 23.7 Å². The Morgan fingerprint density at radius 1 is 1.21 bits per heavy atom. The Labute approximate surface area is 113 Å². The molecule has 1 aliphatic heterocycles. The fourth-order valence-electron chi connectivity index (χ4n) is 2.32.